The molecule has 1 saturated carbocycles. The highest BCUT2D eigenvalue weighted by atomic mass is 32.2. The molecule has 1 aliphatic rings. The first kappa shape index (κ1) is 30.7. The lowest BCUT2D eigenvalue weighted by molar-refractivity contribution is -0.123. The number of thioether (sulfide) groups is 1. The van der Waals surface area contributed by atoms with Crippen molar-refractivity contribution in [1.82, 2.24) is 25.3 Å². The molecule has 18 heteroatoms. The van der Waals surface area contributed by atoms with E-state index in [2.05, 4.69) is 35.3 Å². The van der Waals surface area contributed by atoms with Crippen LogP contribution in [0.5, 0.6) is 0 Å². The van der Waals surface area contributed by atoms with E-state index in [1.807, 2.05) is 0 Å². The number of carbonyl (C=O) groups is 2. The molecular formula is C21H26F4N6O6S2. The van der Waals surface area contributed by atoms with Crippen molar-refractivity contribution < 1.29 is 44.9 Å². The van der Waals surface area contributed by atoms with Gasteiger partial charge >= 0.3 is 6.61 Å². The minimum absolute atomic E-state index is 0.0266. The van der Waals surface area contributed by atoms with Gasteiger partial charge < -0.3 is 15.4 Å². The van der Waals surface area contributed by atoms with Crippen molar-refractivity contribution in [3.63, 3.8) is 0 Å². The highest BCUT2D eigenvalue weighted by Crippen LogP contribution is 2.28. The van der Waals surface area contributed by atoms with Crippen LogP contribution < -0.4 is 15.4 Å². The fourth-order valence-corrected chi connectivity index (χ4v) is 5.51. The average molecular weight is 599 g/mol. The van der Waals surface area contributed by atoms with Crippen molar-refractivity contribution in [2.75, 3.05) is 24.2 Å². The molecule has 0 aliphatic heterocycles. The van der Waals surface area contributed by atoms with Gasteiger partial charge in [-0.25, -0.2) is 31.5 Å². The molecule has 2 amide bonds. The van der Waals surface area contributed by atoms with Crippen molar-refractivity contribution in [2.24, 2.45) is 5.92 Å². The second-order valence-electron chi connectivity index (χ2n) is 8.36. The SMILES string of the molecule is O=C(N[C@H](C(=O)Nc1ccc(S(=O)(=O)NCC(F)F)cn1)C1CCCCC1)c1nonc1SCCOC(F)F. The highest BCUT2D eigenvalue weighted by Gasteiger charge is 2.33. The Morgan fingerprint density at radius 2 is 1.87 bits per heavy atom. The third-order valence-corrected chi connectivity index (χ3v) is 7.98. The van der Waals surface area contributed by atoms with Crippen LogP contribution in [-0.2, 0) is 19.6 Å². The van der Waals surface area contributed by atoms with E-state index in [0.717, 1.165) is 43.3 Å². The van der Waals surface area contributed by atoms with Crippen LogP contribution in [0.2, 0.25) is 0 Å². The second-order valence-corrected chi connectivity index (χ2v) is 11.2. The molecule has 3 rings (SSSR count). The zero-order chi connectivity index (χ0) is 28.4. The van der Waals surface area contributed by atoms with Gasteiger partial charge in [0.1, 0.15) is 16.8 Å². The molecule has 0 bridgehead atoms. The maximum atomic E-state index is 13.2. The predicted molar refractivity (Wildman–Crippen MR) is 129 cm³/mol. The van der Waals surface area contributed by atoms with Crippen LogP contribution in [-0.4, -0.2) is 73.5 Å². The summed E-state index contributed by atoms with van der Waals surface area (Å²) < 4.78 is 83.7. The third-order valence-electron chi connectivity index (χ3n) is 5.66. The monoisotopic (exact) mass is 598 g/mol. The largest absolute Gasteiger partial charge is 0.345 e. The molecule has 39 heavy (non-hydrogen) atoms. The van der Waals surface area contributed by atoms with E-state index in [1.54, 1.807) is 4.72 Å². The summed E-state index contributed by atoms with van der Waals surface area (Å²) >= 11 is 0.913. The van der Waals surface area contributed by atoms with E-state index in [1.165, 1.54) is 6.07 Å². The molecule has 0 radical (unpaired) electrons. The van der Waals surface area contributed by atoms with Crippen molar-refractivity contribution in [2.45, 2.75) is 61.1 Å². The Bertz CT molecular complexity index is 1200. The quantitative estimate of drug-likeness (QED) is 0.167. The fourth-order valence-electron chi connectivity index (χ4n) is 3.84. The van der Waals surface area contributed by atoms with Gasteiger partial charge in [-0.1, -0.05) is 31.0 Å². The fraction of sp³-hybridized carbons (Fsp3) is 0.571. The van der Waals surface area contributed by atoms with Gasteiger partial charge in [0.15, 0.2) is 5.03 Å². The van der Waals surface area contributed by atoms with E-state index >= 15 is 0 Å². The number of carbonyl (C=O) groups excluding carboxylic acids is 2. The zero-order valence-corrected chi connectivity index (χ0v) is 22.0. The molecule has 1 atom stereocenters. The van der Waals surface area contributed by atoms with Crippen molar-refractivity contribution in [3.05, 3.63) is 24.0 Å². The van der Waals surface area contributed by atoms with E-state index < -0.39 is 47.5 Å². The van der Waals surface area contributed by atoms with Gasteiger partial charge in [-0.3, -0.25) is 9.59 Å². The van der Waals surface area contributed by atoms with Crippen molar-refractivity contribution >= 4 is 39.4 Å². The number of alkyl halides is 4. The third kappa shape index (κ3) is 9.40. The Balaban J connectivity index is 1.69. The van der Waals surface area contributed by atoms with Gasteiger partial charge in [-0.05, 0) is 41.2 Å². The summed E-state index contributed by atoms with van der Waals surface area (Å²) in [6, 6.07) is 1.26. The molecular weight excluding hydrogens is 572 g/mol. The summed E-state index contributed by atoms with van der Waals surface area (Å²) in [5.41, 5.74) is -0.227. The van der Waals surface area contributed by atoms with E-state index in [4.69, 9.17) is 0 Å². The Morgan fingerprint density at radius 1 is 1.13 bits per heavy atom. The number of nitrogens with zero attached hydrogens (tertiary/aromatic N) is 3. The Morgan fingerprint density at radius 3 is 2.51 bits per heavy atom. The Labute approximate surface area is 225 Å². The second kappa shape index (κ2) is 14.5. The lowest BCUT2D eigenvalue weighted by Gasteiger charge is -2.29. The Kier molecular flexibility index (Phi) is 11.4. The smallest absolute Gasteiger partial charge is 0.338 e. The topological polar surface area (TPSA) is 165 Å². The first-order valence-electron chi connectivity index (χ1n) is 11.8. The van der Waals surface area contributed by atoms with Gasteiger partial charge in [0.2, 0.25) is 21.6 Å². The molecule has 0 spiro atoms. The first-order valence-corrected chi connectivity index (χ1v) is 14.2. The minimum Gasteiger partial charge on any atom is -0.338 e. The number of anilines is 1. The van der Waals surface area contributed by atoms with Crippen LogP contribution in [0.4, 0.5) is 23.4 Å². The van der Waals surface area contributed by atoms with Crippen LogP contribution in [0.25, 0.3) is 0 Å². The Hall–Kier alpha value is -2.83. The maximum Gasteiger partial charge on any atom is 0.345 e. The summed E-state index contributed by atoms with van der Waals surface area (Å²) in [4.78, 5) is 29.7. The molecule has 0 aromatic carbocycles. The van der Waals surface area contributed by atoms with Crippen LogP contribution in [0.1, 0.15) is 42.6 Å². The molecule has 3 N–H and O–H groups in total. The van der Waals surface area contributed by atoms with Crippen LogP contribution in [0.15, 0.2) is 32.9 Å². The van der Waals surface area contributed by atoms with E-state index in [0.29, 0.717) is 12.8 Å². The molecule has 0 saturated heterocycles. The van der Waals surface area contributed by atoms with Crippen LogP contribution >= 0.6 is 11.8 Å². The van der Waals surface area contributed by atoms with E-state index in [9.17, 15) is 35.6 Å². The number of pyridine rings is 1. The molecule has 2 aromatic heterocycles. The summed E-state index contributed by atoms with van der Waals surface area (Å²) in [5.74, 6) is -1.60. The van der Waals surface area contributed by atoms with Gasteiger partial charge in [0.25, 0.3) is 12.3 Å². The average Bonchev–Trinajstić information content (AvgIpc) is 3.38. The summed E-state index contributed by atoms with van der Waals surface area (Å²) in [7, 11) is -4.22. The minimum atomic E-state index is -4.22. The summed E-state index contributed by atoms with van der Waals surface area (Å²) in [6.07, 6.45) is 2.00. The molecule has 1 fully saturated rings. The molecule has 2 heterocycles. The molecule has 0 unspecified atom stereocenters. The van der Waals surface area contributed by atoms with Gasteiger partial charge in [-0.15, -0.1) is 0 Å². The number of nitrogens with one attached hydrogen (secondary N) is 3. The highest BCUT2D eigenvalue weighted by molar-refractivity contribution is 7.99. The van der Waals surface area contributed by atoms with Gasteiger partial charge in [0, 0.05) is 11.9 Å². The summed E-state index contributed by atoms with van der Waals surface area (Å²) in [5, 5.41) is 12.4. The summed E-state index contributed by atoms with van der Waals surface area (Å²) in [6.45, 7) is -4.30. The van der Waals surface area contributed by atoms with E-state index in [-0.39, 0.29) is 39.7 Å². The molecule has 216 valence electrons. The number of sulfonamides is 1. The number of amides is 2. The molecule has 1 aliphatic carbocycles. The molecule has 2 aromatic rings. The standard InChI is InChI=1S/C21H26F4N6O6S2/c22-14(23)11-27-39(34,35)13-6-7-15(26-10-13)28-18(32)16(12-4-2-1-3-5-12)29-19(33)17-20(31-37-30-17)38-9-8-36-21(24)25/h6-7,10,12,14,16,21,27H,1-5,8-9,11H2,(H,29,33)(H,26,28,32)/t16-/m0/s1. The van der Waals surface area contributed by atoms with Crippen molar-refractivity contribution in [3.8, 4) is 0 Å². The van der Waals surface area contributed by atoms with Crippen LogP contribution in [0, 0.1) is 5.92 Å². The number of ether oxygens (including phenoxy) is 1. The normalized spacial score (nSPS) is 15.4. The lowest BCUT2D eigenvalue weighted by Crippen LogP contribution is -2.49. The number of halogens is 4. The number of aromatic nitrogens is 3. The van der Waals surface area contributed by atoms with Gasteiger partial charge in [0.05, 0.1) is 13.2 Å². The molecule has 12 nitrogen and oxygen atoms in total. The lowest BCUT2D eigenvalue weighted by atomic mass is 9.83. The number of hydrogen-bond donors (Lipinski definition) is 3. The van der Waals surface area contributed by atoms with Crippen LogP contribution in [0.3, 0.4) is 0 Å². The number of rotatable bonds is 14. The zero-order valence-electron chi connectivity index (χ0n) is 20.3. The first-order chi connectivity index (χ1) is 18.6. The predicted octanol–water partition coefficient (Wildman–Crippen LogP) is 2.66. The van der Waals surface area contributed by atoms with Crippen molar-refractivity contribution in [1.29, 1.82) is 0 Å². The van der Waals surface area contributed by atoms with Gasteiger partial charge in [-0.2, -0.15) is 8.78 Å². The maximum absolute atomic E-state index is 13.2. The number of hydrogen-bond acceptors (Lipinski definition) is 10.